The van der Waals surface area contributed by atoms with Crippen molar-refractivity contribution < 1.29 is 0 Å². The second-order valence-electron chi connectivity index (χ2n) is 6.28. The molecule has 2 unspecified atom stereocenters. The minimum Gasteiger partial charge on any atom is -0.308 e. The average Bonchev–Trinajstić information content (AvgIpc) is 2.77. The van der Waals surface area contributed by atoms with Crippen molar-refractivity contribution in [3.63, 3.8) is 0 Å². The molecule has 0 spiro atoms. The van der Waals surface area contributed by atoms with Crippen LogP contribution in [0.5, 0.6) is 0 Å². The first-order valence-electron chi connectivity index (χ1n) is 7.14. The van der Waals surface area contributed by atoms with Gasteiger partial charge in [-0.15, -0.1) is 11.3 Å². The quantitative estimate of drug-likeness (QED) is 0.855. The highest BCUT2D eigenvalue weighted by molar-refractivity contribution is 7.16. The Kier molecular flexibility index (Phi) is 5.29. The van der Waals surface area contributed by atoms with E-state index in [2.05, 4.69) is 44.2 Å². The Hall–Kier alpha value is -0.0900. The van der Waals surface area contributed by atoms with Gasteiger partial charge in [0.2, 0.25) is 0 Å². The summed E-state index contributed by atoms with van der Waals surface area (Å²) in [5.74, 6) is 0.726. The molecule has 2 nitrogen and oxygen atoms in total. The van der Waals surface area contributed by atoms with Crippen molar-refractivity contribution in [2.24, 2.45) is 5.92 Å². The number of nitrogens with zero attached hydrogens (tertiary/aromatic N) is 1. The number of likely N-dealkylation sites (N-methyl/N-ethyl adjacent to an activating group) is 1. The van der Waals surface area contributed by atoms with Crippen molar-refractivity contribution in [3.8, 4) is 0 Å². The lowest BCUT2D eigenvalue weighted by Crippen LogP contribution is -2.40. The van der Waals surface area contributed by atoms with Crippen LogP contribution in [0.1, 0.15) is 43.2 Å². The van der Waals surface area contributed by atoms with Crippen LogP contribution < -0.4 is 5.32 Å². The number of thiophene rings is 1. The van der Waals surface area contributed by atoms with E-state index in [1.54, 1.807) is 11.3 Å². The molecule has 0 bridgehead atoms. The Morgan fingerprint density at radius 3 is 2.84 bits per heavy atom. The van der Waals surface area contributed by atoms with Crippen LogP contribution in [0, 0.1) is 5.92 Å². The highest BCUT2D eigenvalue weighted by Crippen LogP contribution is 2.39. The topological polar surface area (TPSA) is 15.3 Å². The van der Waals surface area contributed by atoms with Crippen molar-refractivity contribution in [1.82, 2.24) is 10.2 Å². The van der Waals surface area contributed by atoms with Gasteiger partial charge >= 0.3 is 0 Å². The van der Waals surface area contributed by atoms with Crippen LogP contribution in [-0.4, -0.2) is 31.6 Å². The van der Waals surface area contributed by atoms with Gasteiger partial charge in [-0.3, -0.25) is 0 Å². The number of hydrogen-bond donors (Lipinski definition) is 1. The van der Waals surface area contributed by atoms with Crippen molar-refractivity contribution in [2.75, 3.05) is 20.6 Å². The molecule has 2 rings (SSSR count). The van der Waals surface area contributed by atoms with Crippen molar-refractivity contribution in [2.45, 2.75) is 45.2 Å². The van der Waals surface area contributed by atoms with Crippen LogP contribution in [0.15, 0.2) is 6.07 Å². The number of hydrogen-bond acceptors (Lipinski definition) is 3. The summed E-state index contributed by atoms with van der Waals surface area (Å²) in [4.78, 5) is 3.76. The molecule has 19 heavy (non-hydrogen) atoms. The van der Waals surface area contributed by atoms with Gasteiger partial charge in [-0.05, 0) is 50.9 Å². The zero-order chi connectivity index (χ0) is 14.0. The molecule has 108 valence electrons. The summed E-state index contributed by atoms with van der Waals surface area (Å²) in [6.45, 7) is 5.69. The molecule has 1 aliphatic carbocycles. The molecule has 2 atom stereocenters. The minimum atomic E-state index is 0.502. The van der Waals surface area contributed by atoms with Gasteiger partial charge in [0.05, 0.1) is 4.34 Å². The molecule has 0 saturated heterocycles. The Balaban J connectivity index is 2.01. The third kappa shape index (κ3) is 4.19. The van der Waals surface area contributed by atoms with Crippen LogP contribution in [0.3, 0.4) is 0 Å². The van der Waals surface area contributed by atoms with Crippen LogP contribution in [-0.2, 0) is 6.42 Å². The van der Waals surface area contributed by atoms with Gasteiger partial charge in [0.1, 0.15) is 0 Å². The van der Waals surface area contributed by atoms with Crippen LogP contribution in [0.2, 0.25) is 4.34 Å². The Morgan fingerprint density at radius 1 is 1.47 bits per heavy atom. The Labute approximate surface area is 126 Å². The maximum Gasteiger partial charge on any atom is 0.0934 e. The zero-order valence-electron chi connectivity index (χ0n) is 12.4. The summed E-state index contributed by atoms with van der Waals surface area (Å²) < 4.78 is 0.935. The van der Waals surface area contributed by atoms with Gasteiger partial charge < -0.3 is 10.2 Å². The molecule has 1 aromatic rings. The van der Waals surface area contributed by atoms with Crippen molar-refractivity contribution in [1.29, 1.82) is 0 Å². The second kappa shape index (κ2) is 6.57. The standard InChI is InChI=1S/C15H25ClN2S/c1-10(2)7-11(9-18(3)4)17-13-5-6-14-12(13)8-15(16)19-14/h8,10-11,13,17H,5-7,9H2,1-4H3. The van der Waals surface area contributed by atoms with E-state index in [1.807, 2.05) is 0 Å². The minimum absolute atomic E-state index is 0.502. The van der Waals surface area contributed by atoms with Crippen molar-refractivity contribution in [3.05, 3.63) is 20.8 Å². The number of halogens is 1. The van der Waals surface area contributed by atoms with Gasteiger partial charge in [0.25, 0.3) is 0 Å². The SMILES string of the molecule is CC(C)CC(CN(C)C)NC1CCc2sc(Cl)cc21. The predicted molar refractivity (Wildman–Crippen MR) is 85.3 cm³/mol. The second-order valence-corrected chi connectivity index (χ2v) is 8.04. The van der Waals surface area contributed by atoms with Crippen LogP contribution in [0.4, 0.5) is 0 Å². The molecule has 0 saturated carbocycles. The smallest absolute Gasteiger partial charge is 0.0934 e. The molecule has 0 fully saturated rings. The van der Waals surface area contributed by atoms with E-state index in [0.29, 0.717) is 12.1 Å². The number of aryl methyl sites for hydroxylation is 1. The van der Waals surface area contributed by atoms with Gasteiger partial charge in [0, 0.05) is 23.5 Å². The summed E-state index contributed by atoms with van der Waals surface area (Å²) in [5, 5.41) is 3.85. The molecule has 1 aliphatic rings. The average molecular weight is 301 g/mol. The fourth-order valence-electron chi connectivity index (χ4n) is 2.99. The molecule has 1 aromatic heterocycles. The first kappa shape index (κ1) is 15.3. The number of nitrogens with one attached hydrogen (secondary N) is 1. The zero-order valence-corrected chi connectivity index (χ0v) is 13.9. The normalized spacial score (nSPS) is 20.3. The lowest BCUT2D eigenvalue weighted by molar-refractivity contribution is 0.286. The fraction of sp³-hybridized carbons (Fsp3) is 0.733. The number of fused-ring (bicyclic) bond motifs is 1. The summed E-state index contributed by atoms with van der Waals surface area (Å²) in [5.41, 5.74) is 1.45. The van der Waals surface area contributed by atoms with Gasteiger partial charge in [-0.1, -0.05) is 25.4 Å². The van der Waals surface area contributed by atoms with E-state index in [9.17, 15) is 0 Å². The van der Waals surface area contributed by atoms with Gasteiger partial charge in [-0.2, -0.15) is 0 Å². The highest BCUT2D eigenvalue weighted by atomic mass is 35.5. The Bertz CT molecular complexity index is 404. The van der Waals surface area contributed by atoms with Crippen molar-refractivity contribution >= 4 is 22.9 Å². The van der Waals surface area contributed by atoms with E-state index in [-0.39, 0.29) is 0 Å². The lowest BCUT2D eigenvalue weighted by Gasteiger charge is -2.27. The highest BCUT2D eigenvalue weighted by Gasteiger charge is 2.27. The molecular formula is C15H25ClN2S. The maximum absolute atomic E-state index is 6.13. The first-order chi connectivity index (χ1) is 8.95. The van der Waals surface area contributed by atoms with E-state index < -0.39 is 0 Å². The molecule has 4 heteroatoms. The lowest BCUT2D eigenvalue weighted by atomic mass is 10.0. The molecule has 0 aliphatic heterocycles. The molecule has 0 aromatic carbocycles. The maximum atomic E-state index is 6.13. The molecule has 0 radical (unpaired) electrons. The largest absolute Gasteiger partial charge is 0.308 e. The van der Waals surface area contributed by atoms with Gasteiger partial charge in [0.15, 0.2) is 0 Å². The number of rotatable bonds is 6. The van der Waals surface area contributed by atoms with Crippen LogP contribution in [0.25, 0.3) is 0 Å². The van der Waals surface area contributed by atoms with E-state index in [0.717, 1.165) is 16.8 Å². The van der Waals surface area contributed by atoms with Crippen LogP contribution >= 0.6 is 22.9 Å². The first-order valence-corrected chi connectivity index (χ1v) is 8.34. The molecule has 0 amide bonds. The summed E-state index contributed by atoms with van der Waals surface area (Å²) >= 11 is 7.88. The third-order valence-electron chi connectivity index (χ3n) is 3.63. The molecule has 1 heterocycles. The van der Waals surface area contributed by atoms with E-state index >= 15 is 0 Å². The summed E-state index contributed by atoms with van der Waals surface area (Å²) in [6, 6.07) is 3.22. The fourth-order valence-corrected chi connectivity index (χ4v) is 4.35. The van der Waals surface area contributed by atoms with E-state index in [4.69, 9.17) is 11.6 Å². The molecule has 1 N–H and O–H groups in total. The van der Waals surface area contributed by atoms with Gasteiger partial charge in [-0.25, -0.2) is 0 Å². The summed E-state index contributed by atoms with van der Waals surface area (Å²) in [6.07, 6.45) is 3.63. The van der Waals surface area contributed by atoms with E-state index in [1.165, 1.54) is 29.7 Å². The third-order valence-corrected chi connectivity index (χ3v) is 4.97. The summed E-state index contributed by atoms with van der Waals surface area (Å²) in [7, 11) is 4.30. The monoisotopic (exact) mass is 300 g/mol. The predicted octanol–water partition coefficient (Wildman–Crippen LogP) is 3.95. The molecular weight excluding hydrogens is 276 g/mol. The Morgan fingerprint density at radius 2 is 2.21 bits per heavy atom.